The lowest BCUT2D eigenvalue weighted by molar-refractivity contribution is 0.365. The molecule has 1 atom stereocenters. The second-order valence-corrected chi connectivity index (χ2v) is 4.44. The molecule has 82 valence electrons. The Hall–Kier alpha value is -1.32. The molecule has 0 bridgehead atoms. The van der Waals surface area contributed by atoms with Crippen LogP contribution in [0.25, 0.3) is 5.57 Å². The molecule has 16 heavy (non-hydrogen) atoms. The zero-order valence-electron chi connectivity index (χ0n) is 9.30. The smallest absolute Gasteiger partial charge is 0.426 e. The van der Waals surface area contributed by atoms with Gasteiger partial charge in [0.15, 0.2) is 0 Å². The van der Waals surface area contributed by atoms with Gasteiger partial charge in [-0.2, -0.15) is 0 Å². The molecule has 0 radical (unpaired) electrons. The summed E-state index contributed by atoms with van der Waals surface area (Å²) in [4.78, 5) is 0. The van der Waals surface area contributed by atoms with Crippen molar-refractivity contribution >= 4 is 12.7 Å². The first-order chi connectivity index (χ1) is 7.62. The topological polar surface area (TPSA) is 40.5 Å². The standard InChI is InChI=1S/C13H15BO2/c1-13(14(15)16)9-7-12(8-10-13)11-5-3-2-4-6-11/h2-9,15-16H,10H2,1H3. The molecular formula is C13H15BO2. The average molecular weight is 214 g/mol. The quantitative estimate of drug-likeness (QED) is 0.741. The first kappa shape index (κ1) is 11.2. The van der Waals surface area contributed by atoms with E-state index in [4.69, 9.17) is 0 Å². The largest absolute Gasteiger partial charge is 0.462 e. The Morgan fingerprint density at radius 1 is 1.19 bits per heavy atom. The van der Waals surface area contributed by atoms with E-state index in [9.17, 15) is 10.0 Å². The lowest BCUT2D eigenvalue weighted by atomic mass is 9.56. The van der Waals surface area contributed by atoms with E-state index in [0.717, 1.165) is 11.1 Å². The van der Waals surface area contributed by atoms with Crippen molar-refractivity contribution in [3.8, 4) is 0 Å². The summed E-state index contributed by atoms with van der Waals surface area (Å²) >= 11 is 0. The van der Waals surface area contributed by atoms with Crippen molar-refractivity contribution in [3.63, 3.8) is 0 Å². The van der Waals surface area contributed by atoms with Crippen LogP contribution in [-0.4, -0.2) is 17.2 Å². The fourth-order valence-corrected chi connectivity index (χ4v) is 1.78. The van der Waals surface area contributed by atoms with Crippen molar-refractivity contribution in [1.82, 2.24) is 0 Å². The summed E-state index contributed by atoms with van der Waals surface area (Å²) in [6.07, 6.45) is 6.53. The van der Waals surface area contributed by atoms with Crippen LogP contribution in [0, 0.1) is 0 Å². The van der Waals surface area contributed by atoms with Crippen LogP contribution in [0.2, 0.25) is 5.31 Å². The van der Waals surface area contributed by atoms with Gasteiger partial charge in [0, 0.05) is 5.31 Å². The van der Waals surface area contributed by atoms with Crippen LogP contribution in [0.1, 0.15) is 18.9 Å². The molecule has 0 heterocycles. The minimum Gasteiger partial charge on any atom is -0.426 e. The third-order valence-electron chi connectivity index (χ3n) is 3.10. The van der Waals surface area contributed by atoms with Crippen LogP contribution in [-0.2, 0) is 0 Å². The van der Waals surface area contributed by atoms with E-state index in [-0.39, 0.29) is 0 Å². The highest BCUT2D eigenvalue weighted by molar-refractivity contribution is 6.46. The minimum atomic E-state index is -1.31. The highest BCUT2D eigenvalue weighted by Gasteiger charge is 2.35. The molecule has 0 fully saturated rings. The van der Waals surface area contributed by atoms with Gasteiger partial charge in [-0.25, -0.2) is 0 Å². The number of benzene rings is 1. The Kier molecular flexibility index (Phi) is 2.99. The van der Waals surface area contributed by atoms with E-state index in [1.165, 1.54) is 0 Å². The second-order valence-electron chi connectivity index (χ2n) is 4.44. The zero-order valence-corrected chi connectivity index (χ0v) is 9.30. The zero-order chi connectivity index (χ0) is 11.6. The second kappa shape index (κ2) is 4.28. The van der Waals surface area contributed by atoms with Gasteiger partial charge in [0.2, 0.25) is 0 Å². The summed E-state index contributed by atoms with van der Waals surface area (Å²) in [7, 11) is -1.31. The fraction of sp³-hybridized carbons (Fsp3) is 0.231. The molecule has 1 aliphatic rings. The summed E-state index contributed by atoms with van der Waals surface area (Å²) in [6, 6.07) is 10.1. The predicted molar refractivity (Wildman–Crippen MR) is 66.7 cm³/mol. The molecular weight excluding hydrogens is 199 g/mol. The van der Waals surface area contributed by atoms with Gasteiger partial charge in [-0.05, 0) is 17.6 Å². The van der Waals surface area contributed by atoms with Crippen LogP contribution >= 0.6 is 0 Å². The maximum atomic E-state index is 9.27. The molecule has 2 rings (SSSR count). The van der Waals surface area contributed by atoms with Gasteiger partial charge in [-0.3, -0.25) is 0 Å². The SMILES string of the molecule is CC1(B(O)O)C=CC(c2ccccc2)=CC1. The average Bonchev–Trinajstić information content (AvgIpc) is 2.31. The number of allylic oxidation sites excluding steroid dienone is 4. The van der Waals surface area contributed by atoms with E-state index >= 15 is 0 Å². The molecule has 1 unspecified atom stereocenters. The third kappa shape index (κ3) is 2.10. The van der Waals surface area contributed by atoms with E-state index in [1.807, 2.05) is 49.4 Å². The monoisotopic (exact) mass is 214 g/mol. The summed E-state index contributed by atoms with van der Waals surface area (Å²) in [5, 5.41) is 18.0. The molecule has 3 heteroatoms. The maximum Gasteiger partial charge on any atom is 0.462 e. The lowest BCUT2D eigenvalue weighted by Gasteiger charge is -2.26. The Labute approximate surface area is 96.1 Å². The summed E-state index contributed by atoms with van der Waals surface area (Å²) in [6.45, 7) is 1.84. The van der Waals surface area contributed by atoms with Crippen molar-refractivity contribution in [2.75, 3.05) is 0 Å². The van der Waals surface area contributed by atoms with Gasteiger partial charge >= 0.3 is 7.12 Å². The van der Waals surface area contributed by atoms with Crippen molar-refractivity contribution in [2.24, 2.45) is 0 Å². The van der Waals surface area contributed by atoms with Crippen molar-refractivity contribution in [1.29, 1.82) is 0 Å². The van der Waals surface area contributed by atoms with Crippen LogP contribution in [0.5, 0.6) is 0 Å². The highest BCUT2D eigenvalue weighted by atomic mass is 16.4. The van der Waals surface area contributed by atoms with Crippen LogP contribution in [0.3, 0.4) is 0 Å². The van der Waals surface area contributed by atoms with Crippen LogP contribution in [0.15, 0.2) is 48.6 Å². The lowest BCUT2D eigenvalue weighted by Crippen LogP contribution is -2.29. The van der Waals surface area contributed by atoms with Crippen molar-refractivity contribution in [3.05, 3.63) is 54.1 Å². The van der Waals surface area contributed by atoms with Crippen molar-refractivity contribution in [2.45, 2.75) is 18.7 Å². The molecule has 0 saturated heterocycles. The Morgan fingerprint density at radius 2 is 1.88 bits per heavy atom. The molecule has 0 aromatic heterocycles. The summed E-state index contributed by atoms with van der Waals surface area (Å²) in [5.41, 5.74) is 2.30. The van der Waals surface area contributed by atoms with Gasteiger partial charge in [0.25, 0.3) is 0 Å². The molecule has 1 aromatic carbocycles. The Balaban J connectivity index is 2.20. The maximum absolute atomic E-state index is 9.27. The fourth-order valence-electron chi connectivity index (χ4n) is 1.78. The van der Waals surface area contributed by atoms with Gasteiger partial charge in [-0.15, -0.1) is 0 Å². The molecule has 1 aromatic rings. The van der Waals surface area contributed by atoms with Gasteiger partial charge in [0.05, 0.1) is 0 Å². The third-order valence-corrected chi connectivity index (χ3v) is 3.10. The first-order valence-electron chi connectivity index (χ1n) is 5.43. The Bertz CT molecular complexity index is 423. The summed E-state index contributed by atoms with van der Waals surface area (Å²) in [5.74, 6) is 0. The number of rotatable bonds is 2. The van der Waals surface area contributed by atoms with Crippen LogP contribution in [0.4, 0.5) is 0 Å². The van der Waals surface area contributed by atoms with Crippen LogP contribution < -0.4 is 0 Å². The first-order valence-corrected chi connectivity index (χ1v) is 5.43. The number of hydrogen-bond donors (Lipinski definition) is 2. The predicted octanol–water partition coefficient (Wildman–Crippen LogP) is 2.26. The highest BCUT2D eigenvalue weighted by Crippen LogP contribution is 2.39. The molecule has 2 N–H and O–H groups in total. The minimum absolute atomic E-state index is 0.557. The molecule has 1 aliphatic carbocycles. The van der Waals surface area contributed by atoms with E-state index < -0.39 is 12.4 Å². The van der Waals surface area contributed by atoms with E-state index in [2.05, 4.69) is 6.08 Å². The van der Waals surface area contributed by atoms with Gasteiger partial charge < -0.3 is 10.0 Å². The van der Waals surface area contributed by atoms with Crippen molar-refractivity contribution < 1.29 is 10.0 Å². The van der Waals surface area contributed by atoms with Gasteiger partial charge in [0.1, 0.15) is 0 Å². The molecule has 0 spiro atoms. The molecule has 0 amide bonds. The van der Waals surface area contributed by atoms with Gasteiger partial charge in [-0.1, -0.05) is 55.5 Å². The van der Waals surface area contributed by atoms with E-state index in [0.29, 0.717) is 6.42 Å². The normalized spacial score (nSPS) is 24.1. The molecule has 0 aliphatic heterocycles. The van der Waals surface area contributed by atoms with E-state index in [1.54, 1.807) is 0 Å². The molecule has 0 saturated carbocycles. The Morgan fingerprint density at radius 3 is 2.38 bits per heavy atom. The number of hydrogen-bond acceptors (Lipinski definition) is 2. The summed E-state index contributed by atoms with van der Waals surface area (Å²) < 4.78 is 0. The molecule has 2 nitrogen and oxygen atoms in total.